The number of amides is 9. The normalized spacial score (nSPS) is 25.0. The van der Waals surface area contributed by atoms with Crippen molar-refractivity contribution in [1.82, 2.24) is 84.7 Å². The molecule has 4 aromatic rings. The van der Waals surface area contributed by atoms with Crippen molar-refractivity contribution in [2.45, 2.75) is 144 Å². The molecule has 10 atom stereocenters. The largest absolute Gasteiger partial charge is 0.508 e. The summed E-state index contributed by atoms with van der Waals surface area (Å²) in [4.78, 5) is 147. The zero-order valence-electron chi connectivity index (χ0n) is 56.3. The number of aromatic nitrogens is 1. The van der Waals surface area contributed by atoms with Crippen LogP contribution in [0, 0.1) is 0 Å². The highest BCUT2D eigenvalue weighted by Gasteiger charge is 2.39. The highest BCUT2D eigenvalue weighted by molar-refractivity contribution is 8.76. The molecule has 0 aliphatic carbocycles. The number of benzene rings is 3. The van der Waals surface area contributed by atoms with Gasteiger partial charge in [0, 0.05) is 126 Å². The van der Waals surface area contributed by atoms with Crippen molar-refractivity contribution in [3.05, 3.63) is 102 Å². The van der Waals surface area contributed by atoms with Gasteiger partial charge in [-0.2, -0.15) is 0 Å². The number of nitrogens with two attached hydrogens (primary N) is 2. The number of aliphatic carboxylic acids is 1. The second kappa shape index (κ2) is 39.9. The van der Waals surface area contributed by atoms with Gasteiger partial charge in [0.2, 0.25) is 53.2 Å². The predicted octanol–water partition coefficient (Wildman–Crippen LogP) is -4.65. The molecule has 548 valence electrons. The lowest BCUT2D eigenvalue weighted by molar-refractivity contribution is -0.145. The molecule has 7 rings (SSSR count). The van der Waals surface area contributed by atoms with Crippen LogP contribution in [-0.4, -0.2) is 240 Å². The number of aliphatic hydroxyl groups is 2. The van der Waals surface area contributed by atoms with Crippen LogP contribution in [0.1, 0.15) is 69.1 Å². The van der Waals surface area contributed by atoms with Gasteiger partial charge in [0.15, 0.2) is 6.04 Å². The molecular weight excluding hydrogens is 1330 g/mol. The van der Waals surface area contributed by atoms with Crippen molar-refractivity contribution in [1.29, 1.82) is 0 Å². The molecule has 3 aliphatic rings. The van der Waals surface area contributed by atoms with Crippen LogP contribution in [0.3, 0.4) is 0 Å². The number of rotatable bonds is 23. The number of carbonyl (C=O) groups excluding carboxylic acids is 9. The maximum atomic E-state index is 15.2. The van der Waals surface area contributed by atoms with Crippen LogP contribution in [0.25, 0.3) is 10.9 Å². The number of H-pyrrole nitrogens is 1. The lowest BCUT2D eigenvalue weighted by Crippen LogP contribution is -2.72. The van der Waals surface area contributed by atoms with Gasteiger partial charge in [0.1, 0.15) is 53.7 Å². The Morgan fingerprint density at radius 1 is 0.630 bits per heavy atom. The number of para-hydroxylation sites is 1. The molecule has 3 saturated heterocycles. The van der Waals surface area contributed by atoms with Crippen LogP contribution < -0.4 is 91.2 Å². The topological polar surface area (TPSA) is 500 Å². The molecule has 2 bridgehead atoms. The minimum atomic E-state index is -1.88. The maximum absolute atomic E-state index is 15.2. The zero-order chi connectivity index (χ0) is 72.2. The molecular formula is C66H98N18O14S2. The Balaban J connectivity index is 1.20. The average Bonchev–Trinajstić information content (AvgIpc) is 1.63. The van der Waals surface area contributed by atoms with E-state index in [9.17, 15) is 54.0 Å². The van der Waals surface area contributed by atoms with E-state index in [2.05, 4.69) is 84.7 Å². The third-order valence-corrected chi connectivity index (χ3v) is 19.5. The van der Waals surface area contributed by atoms with E-state index in [-0.39, 0.29) is 75.3 Å². The fourth-order valence-corrected chi connectivity index (χ4v) is 13.9. The molecule has 8 unspecified atom stereocenters. The summed E-state index contributed by atoms with van der Waals surface area (Å²) in [6, 6.07) is 8.82. The second-order valence-electron chi connectivity index (χ2n) is 25.4. The van der Waals surface area contributed by atoms with E-state index in [1.165, 1.54) is 31.2 Å². The minimum absolute atomic E-state index is 0.0608. The molecule has 34 heteroatoms. The van der Waals surface area contributed by atoms with E-state index < -0.39 is 131 Å². The summed E-state index contributed by atoms with van der Waals surface area (Å²) in [6.07, 6.45) is -1.81. The number of carboxylic acid groups (broad SMARTS) is 1. The standard InChI is InChI=1S/C66H98N18O14S2/c1-39(85)55-63(96)81-52(62(95)83-56(40(2)86)64(97)98)34-100-99-33-51(61(94)78-49(30-42-18-20-44(87)21-19-42)59(92)79-50(31-43-32-73-46-14-7-6-13-45(43)46)60(93)77-47(57(90)82-55)15-8-9-22-67)80-58(91)48(29-41-11-4-3-5-12-41)76-53(88)16-10-17-54(89)84-66-37-71-25-23-69-35-65(68,74-27-28-75-66)36-70-24-26-72-38-66/h3-7,11-14,18-21,32,39-40,47-52,55-56,69-75,85-87H,8-10,15-17,22-31,33-38,67-68H2,1-2H3,(H,76,88)(H,77,93)(H,78,94)(H,79,92)(H,80,91)(H,81,96)(H,82,90)(H,83,95)(H,84,89)(H,97,98)/t39?,40?,47?,48?,49?,50?,51-,52-,55?,56?,65-,66-/m0/s1. The number of hydrogen-bond donors (Lipinski definition) is 22. The van der Waals surface area contributed by atoms with Crippen molar-refractivity contribution in [2.75, 3.05) is 83.5 Å². The zero-order valence-corrected chi connectivity index (χ0v) is 57.9. The molecule has 1 aromatic heterocycles. The maximum Gasteiger partial charge on any atom is 0.328 e. The first-order valence-electron chi connectivity index (χ1n) is 33.7. The van der Waals surface area contributed by atoms with Crippen LogP contribution in [0.5, 0.6) is 5.75 Å². The SMILES string of the molecule is CC(O)C(NC(=O)[C@@H]1CSSC[C@H](NC(=O)C(Cc2ccccc2)NC(=O)CCCC(=O)N[C@]23CNCCNC[C@](N)(CNCCNC2)NCCN3)C(=O)NC(Cc2ccc(O)cc2)C(=O)NC(Cc2c[nH]c3ccccc23)C(=O)NC(CCCCN)C(=O)NC(C(C)O)C(=O)N1)C(=O)O. The van der Waals surface area contributed by atoms with Crippen molar-refractivity contribution in [2.24, 2.45) is 11.5 Å². The third kappa shape index (κ3) is 25.3. The van der Waals surface area contributed by atoms with Gasteiger partial charge in [-0.3, -0.25) is 53.8 Å². The van der Waals surface area contributed by atoms with Gasteiger partial charge in [-0.05, 0) is 81.0 Å². The Hall–Kier alpha value is -8.00. The molecule has 3 aliphatic heterocycles. The first-order chi connectivity index (χ1) is 47.9. The molecule has 3 fully saturated rings. The summed E-state index contributed by atoms with van der Waals surface area (Å²) >= 11 is 0. The number of phenolic OH excluding ortho intramolecular Hbond substituents is 1. The van der Waals surface area contributed by atoms with Crippen molar-refractivity contribution in [3.63, 3.8) is 0 Å². The van der Waals surface area contributed by atoms with E-state index in [0.717, 1.165) is 28.5 Å². The molecule has 100 heavy (non-hydrogen) atoms. The lowest BCUT2D eigenvalue weighted by atomic mass is 10.0. The van der Waals surface area contributed by atoms with E-state index in [0.29, 0.717) is 99.5 Å². The number of carboxylic acids is 1. The number of fused-ring (bicyclic) bond motifs is 6. The Bertz CT molecular complexity index is 3360. The summed E-state index contributed by atoms with van der Waals surface area (Å²) in [5.74, 6) is -10.3. The van der Waals surface area contributed by atoms with Crippen LogP contribution in [-0.2, 0) is 67.2 Å². The van der Waals surface area contributed by atoms with Gasteiger partial charge in [0.25, 0.3) is 0 Å². The molecule has 4 heterocycles. The van der Waals surface area contributed by atoms with Gasteiger partial charge < -0.3 is 106 Å². The van der Waals surface area contributed by atoms with Gasteiger partial charge >= 0.3 is 5.97 Å². The summed E-state index contributed by atoms with van der Waals surface area (Å²) < 4.78 is 0. The highest BCUT2D eigenvalue weighted by atomic mass is 33.1. The fourth-order valence-electron chi connectivity index (χ4n) is 11.6. The van der Waals surface area contributed by atoms with Gasteiger partial charge in [-0.15, -0.1) is 0 Å². The lowest BCUT2D eigenvalue weighted by Gasteiger charge is -2.39. The Labute approximate surface area is 588 Å². The number of phenols is 1. The predicted molar refractivity (Wildman–Crippen MR) is 377 cm³/mol. The monoisotopic (exact) mass is 1430 g/mol. The summed E-state index contributed by atoms with van der Waals surface area (Å²) in [5, 5.41) is 87.2. The van der Waals surface area contributed by atoms with E-state index in [1.54, 1.807) is 60.8 Å². The number of aromatic hydroxyl groups is 1. The fraction of sp³-hybridized carbons (Fsp3) is 0.545. The number of hydrogen-bond acceptors (Lipinski definition) is 23. The number of aliphatic hydroxyl groups excluding tert-OH is 2. The summed E-state index contributed by atoms with van der Waals surface area (Å²) in [5.41, 5.74) is 13.2. The van der Waals surface area contributed by atoms with Crippen molar-refractivity contribution < 1.29 is 68.4 Å². The van der Waals surface area contributed by atoms with Crippen molar-refractivity contribution >= 4 is 91.6 Å². The second-order valence-corrected chi connectivity index (χ2v) is 27.9. The number of carbonyl (C=O) groups is 10. The first-order valence-corrected chi connectivity index (χ1v) is 36.2. The van der Waals surface area contributed by atoms with E-state index in [4.69, 9.17) is 11.5 Å². The van der Waals surface area contributed by atoms with Crippen molar-refractivity contribution in [3.8, 4) is 5.75 Å². The Morgan fingerprint density at radius 3 is 1.89 bits per heavy atom. The number of nitrogens with one attached hydrogen (secondary N) is 16. The smallest absolute Gasteiger partial charge is 0.328 e. The molecule has 0 saturated carbocycles. The highest BCUT2D eigenvalue weighted by Crippen LogP contribution is 2.25. The quantitative estimate of drug-likeness (QED) is 0.0245. The van der Waals surface area contributed by atoms with Crippen LogP contribution in [0.4, 0.5) is 0 Å². The molecule has 0 spiro atoms. The molecule has 24 N–H and O–H groups in total. The minimum Gasteiger partial charge on any atom is -0.508 e. The van der Waals surface area contributed by atoms with Crippen LogP contribution >= 0.6 is 21.6 Å². The molecule has 32 nitrogen and oxygen atoms in total. The van der Waals surface area contributed by atoms with Gasteiger partial charge in [0.05, 0.1) is 17.9 Å². The molecule has 9 amide bonds. The number of aromatic amines is 1. The van der Waals surface area contributed by atoms with Crippen LogP contribution in [0.15, 0.2) is 85.1 Å². The number of unbranched alkanes of at least 4 members (excludes halogenated alkanes) is 1. The first kappa shape index (κ1) is 79.3. The van der Waals surface area contributed by atoms with Gasteiger partial charge in [-0.25, -0.2) is 4.79 Å². The van der Waals surface area contributed by atoms with Gasteiger partial charge in [-0.1, -0.05) is 82.3 Å². The average molecular weight is 1430 g/mol. The summed E-state index contributed by atoms with van der Waals surface area (Å²) in [7, 11) is 1.75. The summed E-state index contributed by atoms with van der Waals surface area (Å²) in [6.45, 7) is 7.62. The van der Waals surface area contributed by atoms with E-state index >= 15 is 14.4 Å². The van der Waals surface area contributed by atoms with E-state index in [1.807, 2.05) is 0 Å². The molecule has 0 radical (unpaired) electrons. The molecule has 3 aromatic carbocycles. The van der Waals surface area contributed by atoms with Crippen LogP contribution in [0.2, 0.25) is 0 Å². The Kier molecular flexibility index (Phi) is 31.6. The Morgan fingerprint density at radius 2 is 1.23 bits per heavy atom. The third-order valence-electron chi connectivity index (χ3n) is 17.1.